The van der Waals surface area contributed by atoms with E-state index in [0.29, 0.717) is 19.6 Å². The van der Waals surface area contributed by atoms with Crippen molar-refractivity contribution >= 4 is 5.91 Å². The van der Waals surface area contributed by atoms with Gasteiger partial charge in [0.15, 0.2) is 0 Å². The first kappa shape index (κ1) is 12.0. The van der Waals surface area contributed by atoms with E-state index in [0.717, 1.165) is 0 Å². The molecule has 15 heavy (non-hydrogen) atoms. The lowest BCUT2D eigenvalue weighted by atomic mass is 9.84. The predicted octanol–water partition coefficient (Wildman–Crippen LogP) is -0.231. The molecule has 0 aromatic rings. The molecule has 1 saturated heterocycles. The fourth-order valence-corrected chi connectivity index (χ4v) is 1.50. The van der Waals surface area contributed by atoms with E-state index in [1.54, 1.807) is 13.8 Å². The van der Waals surface area contributed by atoms with E-state index in [9.17, 15) is 4.79 Å². The number of nitriles is 1. The summed E-state index contributed by atoms with van der Waals surface area (Å²) in [4.78, 5) is 11.9. The van der Waals surface area contributed by atoms with Gasteiger partial charge in [0.05, 0.1) is 31.1 Å². The second-order valence-corrected chi connectivity index (χ2v) is 4.28. The average molecular weight is 211 g/mol. The molecule has 0 aromatic carbocycles. The van der Waals surface area contributed by atoms with Crippen LogP contribution in [0.15, 0.2) is 0 Å². The molecular formula is C10H17N3O2. The Morgan fingerprint density at radius 1 is 1.87 bits per heavy atom. The molecule has 5 nitrogen and oxygen atoms in total. The number of carbonyl (C=O) groups excluding carboxylic acids is 1. The standard InChI is InChI=1S/C10H17N3O2/c1-7(3-4-11)13-9(14)10(2)6-15-5-8(10)12/h7-8H,3,5-6,12H2,1-2H3,(H,13,14). The molecule has 1 fully saturated rings. The maximum atomic E-state index is 11.9. The smallest absolute Gasteiger partial charge is 0.230 e. The Labute approximate surface area is 89.6 Å². The van der Waals surface area contributed by atoms with Gasteiger partial charge in [0, 0.05) is 12.1 Å². The normalized spacial score (nSPS) is 32.0. The highest BCUT2D eigenvalue weighted by Gasteiger charge is 2.44. The van der Waals surface area contributed by atoms with Crippen LogP contribution in [-0.2, 0) is 9.53 Å². The minimum absolute atomic E-state index is 0.129. The number of nitrogens with zero attached hydrogens (tertiary/aromatic N) is 1. The summed E-state index contributed by atoms with van der Waals surface area (Å²) in [5.41, 5.74) is 5.15. The highest BCUT2D eigenvalue weighted by molar-refractivity contribution is 5.83. The molecule has 1 aliphatic rings. The maximum absolute atomic E-state index is 11.9. The molecule has 0 radical (unpaired) electrons. The van der Waals surface area contributed by atoms with Crippen LogP contribution in [0.25, 0.3) is 0 Å². The van der Waals surface area contributed by atoms with Crippen molar-refractivity contribution in [1.82, 2.24) is 5.32 Å². The third-order valence-corrected chi connectivity index (χ3v) is 2.81. The zero-order chi connectivity index (χ0) is 11.5. The molecule has 0 saturated carbocycles. The minimum Gasteiger partial charge on any atom is -0.379 e. The van der Waals surface area contributed by atoms with Gasteiger partial charge in [0.25, 0.3) is 0 Å². The molecule has 5 heteroatoms. The summed E-state index contributed by atoms with van der Waals surface area (Å²) < 4.78 is 5.18. The SMILES string of the molecule is CC(CC#N)NC(=O)C1(C)COCC1N. The monoisotopic (exact) mass is 211 g/mol. The number of hydrogen-bond donors (Lipinski definition) is 2. The Morgan fingerprint density at radius 3 is 3.00 bits per heavy atom. The number of carbonyl (C=O) groups is 1. The second kappa shape index (κ2) is 4.60. The van der Waals surface area contributed by atoms with Crippen LogP contribution in [0.5, 0.6) is 0 Å². The topological polar surface area (TPSA) is 88.1 Å². The first-order valence-electron chi connectivity index (χ1n) is 5.02. The van der Waals surface area contributed by atoms with Gasteiger partial charge in [0.1, 0.15) is 0 Å². The minimum atomic E-state index is -0.663. The predicted molar refractivity (Wildman–Crippen MR) is 54.7 cm³/mol. The Bertz CT molecular complexity index is 287. The zero-order valence-corrected chi connectivity index (χ0v) is 9.12. The lowest BCUT2D eigenvalue weighted by molar-refractivity contribution is -0.131. The fraction of sp³-hybridized carbons (Fsp3) is 0.800. The van der Waals surface area contributed by atoms with Crippen molar-refractivity contribution < 1.29 is 9.53 Å². The van der Waals surface area contributed by atoms with E-state index in [1.807, 2.05) is 6.07 Å². The molecule has 1 rings (SSSR count). The van der Waals surface area contributed by atoms with E-state index >= 15 is 0 Å². The summed E-state index contributed by atoms with van der Waals surface area (Å²) in [6.45, 7) is 4.35. The molecule has 0 aliphatic carbocycles. The lowest BCUT2D eigenvalue weighted by Gasteiger charge is -2.26. The maximum Gasteiger partial charge on any atom is 0.230 e. The first-order valence-corrected chi connectivity index (χ1v) is 5.02. The number of amides is 1. The number of ether oxygens (including phenoxy) is 1. The summed E-state index contributed by atoms with van der Waals surface area (Å²) in [5, 5.41) is 11.3. The van der Waals surface area contributed by atoms with Gasteiger partial charge in [-0.15, -0.1) is 0 Å². The third kappa shape index (κ3) is 2.46. The van der Waals surface area contributed by atoms with Crippen LogP contribution < -0.4 is 11.1 Å². The molecule has 84 valence electrons. The van der Waals surface area contributed by atoms with Crippen LogP contribution in [0.4, 0.5) is 0 Å². The fourth-order valence-electron chi connectivity index (χ4n) is 1.50. The van der Waals surface area contributed by atoms with Gasteiger partial charge < -0.3 is 15.8 Å². The van der Waals surface area contributed by atoms with Crippen LogP contribution in [-0.4, -0.2) is 31.2 Å². The van der Waals surface area contributed by atoms with Crippen LogP contribution in [0.1, 0.15) is 20.3 Å². The molecule has 1 heterocycles. The van der Waals surface area contributed by atoms with Crippen LogP contribution in [0, 0.1) is 16.7 Å². The second-order valence-electron chi connectivity index (χ2n) is 4.28. The van der Waals surface area contributed by atoms with E-state index in [4.69, 9.17) is 15.7 Å². The Kier molecular flexibility index (Phi) is 3.66. The van der Waals surface area contributed by atoms with Crippen molar-refractivity contribution in [2.75, 3.05) is 13.2 Å². The summed E-state index contributed by atoms with van der Waals surface area (Å²) in [7, 11) is 0. The summed E-state index contributed by atoms with van der Waals surface area (Å²) in [5.74, 6) is -0.129. The van der Waals surface area contributed by atoms with Crippen LogP contribution in [0.2, 0.25) is 0 Å². The van der Waals surface area contributed by atoms with Gasteiger partial charge in [-0.25, -0.2) is 0 Å². The molecule has 0 bridgehead atoms. The summed E-state index contributed by atoms with van der Waals surface area (Å²) >= 11 is 0. The van der Waals surface area contributed by atoms with Crippen molar-refractivity contribution in [2.24, 2.45) is 11.1 Å². The Morgan fingerprint density at radius 2 is 2.53 bits per heavy atom. The highest BCUT2D eigenvalue weighted by Crippen LogP contribution is 2.27. The van der Waals surface area contributed by atoms with Crippen molar-refractivity contribution in [3.05, 3.63) is 0 Å². The van der Waals surface area contributed by atoms with Gasteiger partial charge in [-0.1, -0.05) is 0 Å². The molecule has 0 spiro atoms. The number of nitrogens with two attached hydrogens (primary N) is 1. The zero-order valence-electron chi connectivity index (χ0n) is 9.12. The number of hydrogen-bond acceptors (Lipinski definition) is 4. The molecule has 3 unspecified atom stereocenters. The molecule has 1 amide bonds. The average Bonchev–Trinajstić information content (AvgIpc) is 2.48. The van der Waals surface area contributed by atoms with Gasteiger partial charge >= 0.3 is 0 Å². The Hall–Kier alpha value is -1.12. The van der Waals surface area contributed by atoms with Gasteiger partial charge in [0.2, 0.25) is 5.91 Å². The van der Waals surface area contributed by atoms with E-state index in [2.05, 4.69) is 5.32 Å². The first-order chi connectivity index (χ1) is 7.00. The molecule has 3 atom stereocenters. The van der Waals surface area contributed by atoms with E-state index in [1.165, 1.54) is 0 Å². The molecule has 3 N–H and O–H groups in total. The van der Waals surface area contributed by atoms with Crippen LogP contribution in [0.3, 0.4) is 0 Å². The largest absolute Gasteiger partial charge is 0.379 e. The summed E-state index contributed by atoms with van der Waals surface area (Å²) in [6.07, 6.45) is 0.303. The van der Waals surface area contributed by atoms with Crippen molar-refractivity contribution in [1.29, 1.82) is 5.26 Å². The van der Waals surface area contributed by atoms with Crippen molar-refractivity contribution in [3.63, 3.8) is 0 Å². The van der Waals surface area contributed by atoms with E-state index < -0.39 is 5.41 Å². The highest BCUT2D eigenvalue weighted by atomic mass is 16.5. The van der Waals surface area contributed by atoms with E-state index in [-0.39, 0.29) is 18.0 Å². The van der Waals surface area contributed by atoms with Crippen molar-refractivity contribution in [3.8, 4) is 6.07 Å². The quantitative estimate of drug-likeness (QED) is 0.675. The van der Waals surface area contributed by atoms with Crippen molar-refractivity contribution in [2.45, 2.75) is 32.4 Å². The number of rotatable bonds is 3. The lowest BCUT2D eigenvalue weighted by Crippen LogP contribution is -2.51. The Balaban J connectivity index is 2.57. The molecular weight excluding hydrogens is 194 g/mol. The molecule has 1 aliphatic heterocycles. The van der Waals surface area contributed by atoms with Gasteiger partial charge in [-0.3, -0.25) is 4.79 Å². The van der Waals surface area contributed by atoms with Gasteiger partial charge in [-0.05, 0) is 13.8 Å². The number of nitrogens with one attached hydrogen (secondary N) is 1. The summed E-state index contributed by atoms with van der Waals surface area (Å²) in [6, 6.07) is 1.59. The molecule has 0 aromatic heterocycles. The van der Waals surface area contributed by atoms with Crippen LogP contribution >= 0.6 is 0 Å². The third-order valence-electron chi connectivity index (χ3n) is 2.81. The van der Waals surface area contributed by atoms with Gasteiger partial charge in [-0.2, -0.15) is 5.26 Å².